The molecule has 0 spiro atoms. The number of aromatic nitrogens is 6. The number of rotatable bonds is 4. The largest absolute Gasteiger partial charge is 0.377 e. The molecule has 8 nitrogen and oxygen atoms in total. The second-order valence-corrected chi connectivity index (χ2v) is 8.94. The third-order valence-electron chi connectivity index (χ3n) is 5.87. The van der Waals surface area contributed by atoms with E-state index < -0.39 is 0 Å². The Balaban J connectivity index is 1.58. The molecular formula is C21H23N7OS. The van der Waals surface area contributed by atoms with Crippen molar-refractivity contribution in [2.75, 3.05) is 24.7 Å². The monoisotopic (exact) mass is 421 g/mol. The van der Waals surface area contributed by atoms with Crippen molar-refractivity contribution < 1.29 is 4.74 Å². The fourth-order valence-corrected chi connectivity index (χ4v) is 5.03. The van der Waals surface area contributed by atoms with Gasteiger partial charge in [0.15, 0.2) is 0 Å². The standard InChI is InChI=1S/C21H23N7OS/c1-12-9-16(25-24-12)19-20-21(30-26-19)15(17-5-6-22-28(17)14-3-4-14)10-18(23-20)27-7-8-29-11-13(27)2/h5-6,9-10,13-14H,3-4,7-8,11H2,1-2H3,(H,24,25)/t13-/m1/s1. The van der Waals surface area contributed by atoms with Gasteiger partial charge in [-0.1, -0.05) is 0 Å². The second kappa shape index (κ2) is 6.88. The molecule has 154 valence electrons. The summed E-state index contributed by atoms with van der Waals surface area (Å²) in [6.45, 7) is 6.42. The summed E-state index contributed by atoms with van der Waals surface area (Å²) in [6, 6.07) is 7.12. The molecule has 30 heavy (non-hydrogen) atoms. The Morgan fingerprint density at radius 3 is 2.93 bits per heavy atom. The fourth-order valence-electron chi connectivity index (χ4n) is 4.17. The molecule has 6 rings (SSSR count). The van der Waals surface area contributed by atoms with Gasteiger partial charge >= 0.3 is 0 Å². The molecule has 1 aliphatic carbocycles. The van der Waals surface area contributed by atoms with Gasteiger partial charge in [0.1, 0.15) is 17.0 Å². The van der Waals surface area contributed by atoms with Gasteiger partial charge in [0.2, 0.25) is 0 Å². The van der Waals surface area contributed by atoms with E-state index in [-0.39, 0.29) is 6.04 Å². The number of nitrogens with one attached hydrogen (secondary N) is 1. The summed E-state index contributed by atoms with van der Waals surface area (Å²) < 4.78 is 13.7. The van der Waals surface area contributed by atoms with Gasteiger partial charge in [0.05, 0.1) is 47.1 Å². The van der Waals surface area contributed by atoms with Crippen LogP contribution in [0, 0.1) is 6.92 Å². The van der Waals surface area contributed by atoms with Gasteiger partial charge in [0, 0.05) is 18.3 Å². The molecule has 9 heteroatoms. The Kier molecular flexibility index (Phi) is 4.14. The van der Waals surface area contributed by atoms with E-state index in [2.05, 4.69) is 43.9 Å². The summed E-state index contributed by atoms with van der Waals surface area (Å²) in [5, 5.41) is 12.0. The Hall–Kier alpha value is -2.78. The first kappa shape index (κ1) is 18.0. The number of pyridine rings is 1. The lowest BCUT2D eigenvalue weighted by molar-refractivity contribution is 0.0986. The van der Waals surface area contributed by atoms with Crippen LogP contribution in [-0.2, 0) is 4.74 Å². The zero-order valence-corrected chi connectivity index (χ0v) is 17.8. The molecule has 0 amide bonds. The van der Waals surface area contributed by atoms with Crippen molar-refractivity contribution >= 4 is 27.6 Å². The third-order valence-corrected chi connectivity index (χ3v) is 6.74. The highest BCUT2D eigenvalue weighted by Crippen LogP contribution is 2.42. The van der Waals surface area contributed by atoms with E-state index in [1.807, 2.05) is 19.2 Å². The highest BCUT2D eigenvalue weighted by Gasteiger charge is 2.29. The topological polar surface area (TPSA) is 84.8 Å². The summed E-state index contributed by atoms with van der Waals surface area (Å²) in [6.07, 6.45) is 4.28. The molecule has 1 saturated carbocycles. The maximum atomic E-state index is 5.66. The maximum Gasteiger partial charge on any atom is 0.130 e. The zero-order valence-electron chi connectivity index (χ0n) is 17.0. The van der Waals surface area contributed by atoms with Gasteiger partial charge < -0.3 is 9.64 Å². The first-order valence-electron chi connectivity index (χ1n) is 10.4. The first-order valence-corrected chi connectivity index (χ1v) is 11.2. The van der Waals surface area contributed by atoms with Crippen molar-refractivity contribution in [3.63, 3.8) is 0 Å². The summed E-state index contributed by atoms with van der Waals surface area (Å²) in [4.78, 5) is 7.43. The number of H-pyrrole nitrogens is 1. The molecule has 2 aliphatic rings. The molecule has 1 N–H and O–H groups in total. The lowest BCUT2D eigenvalue weighted by Crippen LogP contribution is -2.44. The predicted octanol–water partition coefficient (Wildman–Crippen LogP) is 3.81. The number of hydrogen-bond donors (Lipinski definition) is 1. The van der Waals surface area contributed by atoms with Crippen molar-refractivity contribution in [2.24, 2.45) is 0 Å². The number of hydrogen-bond acceptors (Lipinski definition) is 7. The molecular weight excluding hydrogens is 398 g/mol. The smallest absolute Gasteiger partial charge is 0.130 e. The van der Waals surface area contributed by atoms with Crippen LogP contribution in [0.4, 0.5) is 5.82 Å². The molecule has 1 atom stereocenters. The molecule has 0 bridgehead atoms. The molecule has 4 aromatic heterocycles. The molecule has 1 saturated heterocycles. The van der Waals surface area contributed by atoms with Crippen LogP contribution in [0.2, 0.25) is 0 Å². The van der Waals surface area contributed by atoms with Crippen LogP contribution in [-0.4, -0.2) is 55.1 Å². The van der Waals surface area contributed by atoms with E-state index in [1.165, 1.54) is 24.4 Å². The predicted molar refractivity (Wildman–Crippen MR) is 117 cm³/mol. The Bertz CT molecular complexity index is 1220. The summed E-state index contributed by atoms with van der Waals surface area (Å²) in [5.74, 6) is 0.967. The lowest BCUT2D eigenvalue weighted by Gasteiger charge is -2.34. The van der Waals surface area contributed by atoms with Gasteiger partial charge in [-0.3, -0.25) is 9.78 Å². The van der Waals surface area contributed by atoms with Crippen molar-refractivity contribution in [3.05, 3.63) is 30.1 Å². The van der Waals surface area contributed by atoms with Crippen molar-refractivity contribution in [1.82, 2.24) is 29.3 Å². The molecule has 0 radical (unpaired) electrons. The third kappa shape index (κ3) is 2.92. The molecule has 1 aliphatic heterocycles. The van der Waals surface area contributed by atoms with E-state index in [0.717, 1.165) is 50.9 Å². The van der Waals surface area contributed by atoms with Crippen LogP contribution < -0.4 is 4.90 Å². The van der Waals surface area contributed by atoms with Gasteiger partial charge in [-0.15, -0.1) is 0 Å². The lowest BCUT2D eigenvalue weighted by atomic mass is 10.1. The van der Waals surface area contributed by atoms with Crippen LogP contribution in [0.25, 0.3) is 32.9 Å². The van der Waals surface area contributed by atoms with E-state index in [4.69, 9.17) is 14.1 Å². The Labute approximate surface area is 178 Å². The summed E-state index contributed by atoms with van der Waals surface area (Å²) in [7, 11) is 0. The number of aromatic amines is 1. The summed E-state index contributed by atoms with van der Waals surface area (Å²) >= 11 is 1.50. The molecule has 2 fully saturated rings. The SMILES string of the molecule is Cc1cc(-c2nsc3c(-c4ccnn4C4CC4)cc(N4CCOC[C@H]4C)nc23)[nH]n1. The van der Waals surface area contributed by atoms with Gasteiger partial charge in [-0.05, 0) is 56.4 Å². The number of ether oxygens (including phenoxy) is 1. The second-order valence-electron chi connectivity index (χ2n) is 8.17. The van der Waals surface area contributed by atoms with Crippen molar-refractivity contribution in [3.8, 4) is 22.6 Å². The van der Waals surface area contributed by atoms with Crippen LogP contribution in [0.15, 0.2) is 24.4 Å². The first-order chi connectivity index (χ1) is 14.7. The normalized spacial score (nSPS) is 19.7. The number of nitrogens with zero attached hydrogens (tertiary/aromatic N) is 6. The average Bonchev–Trinajstić information content (AvgIpc) is 3.14. The minimum absolute atomic E-state index is 0.273. The number of morpholine rings is 1. The Morgan fingerprint density at radius 2 is 2.17 bits per heavy atom. The molecule has 5 heterocycles. The molecule has 0 aromatic carbocycles. The minimum Gasteiger partial charge on any atom is -0.377 e. The number of aryl methyl sites for hydroxylation is 1. The zero-order chi connectivity index (χ0) is 20.2. The van der Waals surface area contributed by atoms with Crippen molar-refractivity contribution in [1.29, 1.82) is 0 Å². The van der Waals surface area contributed by atoms with Gasteiger partial charge in [0.25, 0.3) is 0 Å². The van der Waals surface area contributed by atoms with E-state index in [9.17, 15) is 0 Å². The van der Waals surface area contributed by atoms with Crippen LogP contribution in [0.1, 0.15) is 31.5 Å². The maximum absolute atomic E-state index is 5.66. The fraction of sp³-hybridized carbons (Fsp3) is 0.429. The van der Waals surface area contributed by atoms with E-state index >= 15 is 0 Å². The van der Waals surface area contributed by atoms with Crippen LogP contribution in [0.3, 0.4) is 0 Å². The molecule has 4 aromatic rings. The van der Waals surface area contributed by atoms with Crippen molar-refractivity contribution in [2.45, 2.75) is 38.8 Å². The number of fused-ring (bicyclic) bond motifs is 1. The number of anilines is 1. The highest BCUT2D eigenvalue weighted by atomic mass is 32.1. The quantitative estimate of drug-likeness (QED) is 0.539. The average molecular weight is 422 g/mol. The van der Waals surface area contributed by atoms with Gasteiger partial charge in [-0.25, -0.2) is 4.98 Å². The Morgan fingerprint density at radius 1 is 1.27 bits per heavy atom. The highest BCUT2D eigenvalue weighted by molar-refractivity contribution is 7.14. The summed E-state index contributed by atoms with van der Waals surface area (Å²) in [5.41, 5.74) is 5.91. The van der Waals surface area contributed by atoms with Crippen LogP contribution >= 0.6 is 11.5 Å². The van der Waals surface area contributed by atoms with E-state index in [0.29, 0.717) is 19.3 Å². The molecule has 0 unspecified atom stereocenters. The van der Waals surface area contributed by atoms with Gasteiger partial charge in [-0.2, -0.15) is 14.6 Å². The van der Waals surface area contributed by atoms with Crippen LogP contribution in [0.5, 0.6) is 0 Å². The van der Waals surface area contributed by atoms with E-state index in [1.54, 1.807) is 0 Å². The minimum atomic E-state index is 0.273.